The highest BCUT2D eigenvalue weighted by Gasteiger charge is 2.16. The Kier molecular flexibility index (Phi) is 6.12. The van der Waals surface area contributed by atoms with Crippen LogP contribution in [0.2, 0.25) is 10.0 Å². The Hall–Kier alpha value is -0.540. The molecule has 1 nitrogen and oxygen atoms in total. The second-order valence-electron chi connectivity index (χ2n) is 5.08. The summed E-state index contributed by atoms with van der Waals surface area (Å²) in [7, 11) is 0. The van der Waals surface area contributed by atoms with Crippen molar-refractivity contribution in [3.05, 3.63) is 67.6 Å². The second kappa shape index (κ2) is 7.64. The highest BCUT2D eigenvalue weighted by molar-refractivity contribution is 9.10. The molecule has 2 rings (SSSR count). The maximum atomic E-state index is 6.30. The minimum Gasteiger partial charge on any atom is -0.310 e. The first-order valence-corrected chi connectivity index (χ1v) is 8.49. The first kappa shape index (κ1) is 16.8. The fourth-order valence-corrected chi connectivity index (χ4v) is 3.62. The van der Waals surface area contributed by atoms with Gasteiger partial charge in [-0.25, -0.2) is 0 Å². The summed E-state index contributed by atoms with van der Waals surface area (Å²) >= 11 is 15.9. The Morgan fingerprint density at radius 1 is 1.14 bits per heavy atom. The molecule has 0 fully saturated rings. The molecule has 0 saturated carbocycles. The van der Waals surface area contributed by atoms with Gasteiger partial charge < -0.3 is 5.32 Å². The van der Waals surface area contributed by atoms with Gasteiger partial charge in [0.15, 0.2) is 0 Å². The maximum Gasteiger partial charge on any atom is 0.0453 e. The molecule has 2 aromatic rings. The fraction of sp³-hybridized carbons (Fsp3) is 0.294. The summed E-state index contributed by atoms with van der Waals surface area (Å²) in [6.07, 6.45) is 0.825. The van der Waals surface area contributed by atoms with Crippen LogP contribution in [-0.4, -0.2) is 6.54 Å². The van der Waals surface area contributed by atoms with Gasteiger partial charge in [-0.1, -0.05) is 64.3 Å². The lowest BCUT2D eigenvalue weighted by molar-refractivity contribution is 0.548. The van der Waals surface area contributed by atoms with Crippen molar-refractivity contribution in [2.75, 3.05) is 6.54 Å². The molecule has 0 aromatic heterocycles. The van der Waals surface area contributed by atoms with Crippen molar-refractivity contribution >= 4 is 39.1 Å². The van der Waals surface area contributed by atoms with E-state index >= 15 is 0 Å². The number of hydrogen-bond acceptors (Lipinski definition) is 1. The lowest BCUT2D eigenvalue weighted by atomic mass is 9.98. The van der Waals surface area contributed by atoms with E-state index in [9.17, 15) is 0 Å². The Morgan fingerprint density at radius 2 is 1.90 bits per heavy atom. The molecule has 112 valence electrons. The highest BCUT2D eigenvalue weighted by atomic mass is 79.9. The van der Waals surface area contributed by atoms with E-state index in [4.69, 9.17) is 23.2 Å². The Labute approximate surface area is 144 Å². The van der Waals surface area contributed by atoms with E-state index in [0.717, 1.165) is 23.0 Å². The number of aryl methyl sites for hydroxylation is 1. The largest absolute Gasteiger partial charge is 0.310 e. The smallest absolute Gasteiger partial charge is 0.0453 e. The summed E-state index contributed by atoms with van der Waals surface area (Å²) in [5.41, 5.74) is 3.58. The molecule has 0 heterocycles. The van der Waals surface area contributed by atoms with Crippen molar-refractivity contribution in [1.82, 2.24) is 5.32 Å². The molecule has 1 atom stereocenters. The van der Waals surface area contributed by atoms with Crippen LogP contribution in [0.5, 0.6) is 0 Å². The molecular weight excluding hydrogens is 369 g/mol. The quantitative estimate of drug-likeness (QED) is 0.668. The van der Waals surface area contributed by atoms with Gasteiger partial charge in [0.1, 0.15) is 0 Å². The molecule has 0 radical (unpaired) electrons. The highest BCUT2D eigenvalue weighted by Crippen LogP contribution is 2.30. The summed E-state index contributed by atoms with van der Waals surface area (Å²) in [6, 6.07) is 12.3. The van der Waals surface area contributed by atoms with Crippen molar-refractivity contribution in [1.29, 1.82) is 0 Å². The van der Waals surface area contributed by atoms with Gasteiger partial charge in [-0.15, -0.1) is 0 Å². The van der Waals surface area contributed by atoms with Crippen LogP contribution >= 0.6 is 39.1 Å². The number of rotatable bonds is 5. The zero-order valence-corrected chi connectivity index (χ0v) is 15.2. The lowest BCUT2D eigenvalue weighted by Crippen LogP contribution is -2.23. The Balaban J connectivity index is 2.30. The monoisotopic (exact) mass is 385 g/mol. The minimum absolute atomic E-state index is 0.212. The topological polar surface area (TPSA) is 12.0 Å². The van der Waals surface area contributed by atoms with Crippen molar-refractivity contribution in [3.8, 4) is 0 Å². The van der Waals surface area contributed by atoms with Gasteiger partial charge >= 0.3 is 0 Å². The van der Waals surface area contributed by atoms with E-state index in [-0.39, 0.29) is 6.04 Å². The van der Waals surface area contributed by atoms with Crippen molar-refractivity contribution in [2.45, 2.75) is 26.3 Å². The number of benzene rings is 2. The van der Waals surface area contributed by atoms with Crippen LogP contribution in [-0.2, 0) is 6.42 Å². The van der Waals surface area contributed by atoms with Crippen LogP contribution in [0.4, 0.5) is 0 Å². The number of nitrogens with one attached hydrogen (secondary N) is 1. The van der Waals surface area contributed by atoms with Gasteiger partial charge in [-0.05, 0) is 54.8 Å². The average molecular weight is 387 g/mol. The van der Waals surface area contributed by atoms with Crippen molar-refractivity contribution in [3.63, 3.8) is 0 Å². The fourth-order valence-electron chi connectivity index (χ4n) is 2.36. The van der Waals surface area contributed by atoms with Crippen LogP contribution in [0.25, 0.3) is 0 Å². The van der Waals surface area contributed by atoms with Crippen LogP contribution in [0.1, 0.15) is 29.7 Å². The van der Waals surface area contributed by atoms with Gasteiger partial charge in [0, 0.05) is 20.6 Å². The molecule has 21 heavy (non-hydrogen) atoms. The second-order valence-corrected chi connectivity index (χ2v) is 6.77. The Bertz CT molecular complexity index is 628. The predicted molar refractivity (Wildman–Crippen MR) is 95.5 cm³/mol. The van der Waals surface area contributed by atoms with Gasteiger partial charge in [0.25, 0.3) is 0 Å². The first-order valence-electron chi connectivity index (χ1n) is 6.94. The maximum absolute atomic E-state index is 6.30. The molecule has 0 bridgehead atoms. The summed E-state index contributed by atoms with van der Waals surface area (Å²) < 4.78 is 1.12. The molecule has 0 saturated heterocycles. The third-order valence-electron chi connectivity index (χ3n) is 3.42. The summed E-state index contributed by atoms with van der Waals surface area (Å²) in [5, 5.41) is 4.91. The van der Waals surface area contributed by atoms with E-state index in [0.29, 0.717) is 10.0 Å². The summed E-state index contributed by atoms with van der Waals surface area (Å²) in [6.45, 7) is 5.10. The molecule has 0 aliphatic carbocycles. The minimum atomic E-state index is 0.212. The Morgan fingerprint density at radius 3 is 2.52 bits per heavy atom. The molecule has 0 spiro atoms. The van der Waals surface area contributed by atoms with Crippen LogP contribution in [0.3, 0.4) is 0 Å². The standard InChI is InChI=1S/C17H18BrCl2N/c1-3-21-17(14-7-4-11(2)8-15(14)18)9-12-5-6-13(19)10-16(12)20/h4-8,10,17,21H,3,9H2,1-2H3. The van der Waals surface area contributed by atoms with Gasteiger partial charge in [-0.3, -0.25) is 0 Å². The molecular formula is C17H18BrCl2N. The normalized spacial score (nSPS) is 12.4. The molecule has 0 aliphatic heterocycles. The zero-order chi connectivity index (χ0) is 15.4. The third kappa shape index (κ3) is 4.46. The van der Waals surface area contributed by atoms with Crippen LogP contribution in [0, 0.1) is 6.92 Å². The van der Waals surface area contributed by atoms with Crippen LogP contribution < -0.4 is 5.32 Å². The molecule has 0 aliphatic rings. The first-order chi connectivity index (χ1) is 10.0. The average Bonchev–Trinajstić information content (AvgIpc) is 2.41. The number of hydrogen-bond donors (Lipinski definition) is 1. The van der Waals surface area contributed by atoms with E-state index in [1.54, 1.807) is 6.07 Å². The molecule has 1 N–H and O–H groups in total. The van der Waals surface area contributed by atoms with E-state index in [2.05, 4.69) is 53.3 Å². The van der Waals surface area contributed by atoms with E-state index in [1.165, 1.54) is 11.1 Å². The van der Waals surface area contributed by atoms with E-state index < -0.39 is 0 Å². The van der Waals surface area contributed by atoms with Crippen LogP contribution in [0.15, 0.2) is 40.9 Å². The van der Waals surface area contributed by atoms with Crippen molar-refractivity contribution < 1.29 is 0 Å². The van der Waals surface area contributed by atoms with E-state index in [1.807, 2.05) is 12.1 Å². The lowest BCUT2D eigenvalue weighted by Gasteiger charge is -2.21. The molecule has 1 unspecified atom stereocenters. The van der Waals surface area contributed by atoms with Gasteiger partial charge in [-0.2, -0.15) is 0 Å². The molecule has 4 heteroatoms. The van der Waals surface area contributed by atoms with Crippen molar-refractivity contribution in [2.24, 2.45) is 0 Å². The number of halogens is 3. The third-order valence-corrected chi connectivity index (χ3v) is 4.69. The SMILES string of the molecule is CCNC(Cc1ccc(Cl)cc1Cl)c1ccc(C)cc1Br. The number of likely N-dealkylation sites (N-methyl/N-ethyl adjacent to an activating group) is 1. The predicted octanol–water partition coefficient (Wildman–Crippen LogP) is 5.96. The van der Waals surface area contributed by atoms with Gasteiger partial charge in [0.2, 0.25) is 0 Å². The summed E-state index contributed by atoms with van der Waals surface area (Å²) in [5.74, 6) is 0. The summed E-state index contributed by atoms with van der Waals surface area (Å²) in [4.78, 5) is 0. The molecule has 0 amide bonds. The zero-order valence-electron chi connectivity index (χ0n) is 12.1. The molecule has 2 aromatic carbocycles. The van der Waals surface area contributed by atoms with Gasteiger partial charge in [0.05, 0.1) is 0 Å².